The van der Waals surface area contributed by atoms with E-state index in [1.165, 1.54) is 10.4 Å². The molecule has 0 aliphatic heterocycles. The van der Waals surface area contributed by atoms with Gasteiger partial charge in [-0.05, 0) is 20.3 Å². The molecule has 120 valence electrons. The van der Waals surface area contributed by atoms with Gasteiger partial charge in [0.15, 0.2) is 0 Å². The SMILES string of the molecule is COCC(C)(CCO)NCc1cnc(-c2ccc(C)cc2)s1. The minimum absolute atomic E-state index is 0.143. The average Bonchev–Trinajstić information content (AvgIpc) is 2.96. The third kappa shape index (κ3) is 4.61. The van der Waals surface area contributed by atoms with Crippen molar-refractivity contribution in [1.82, 2.24) is 10.3 Å². The minimum Gasteiger partial charge on any atom is -0.396 e. The first kappa shape index (κ1) is 17.1. The molecule has 0 saturated carbocycles. The van der Waals surface area contributed by atoms with Gasteiger partial charge in [0.05, 0.1) is 6.61 Å². The molecule has 0 fully saturated rings. The highest BCUT2D eigenvalue weighted by Crippen LogP contribution is 2.25. The fraction of sp³-hybridized carbons (Fsp3) is 0.471. The van der Waals surface area contributed by atoms with Gasteiger partial charge >= 0.3 is 0 Å². The van der Waals surface area contributed by atoms with Crippen LogP contribution in [-0.4, -0.2) is 36.0 Å². The van der Waals surface area contributed by atoms with Crippen LogP contribution in [0.1, 0.15) is 23.8 Å². The fourth-order valence-electron chi connectivity index (χ4n) is 2.30. The van der Waals surface area contributed by atoms with Crippen molar-refractivity contribution >= 4 is 11.3 Å². The molecular formula is C17H24N2O2S. The van der Waals surface area contributed by atoms with Gasteiger partial charge in [-0.2, -0.15) is 0 Å². The number of nitrogens with one attached hydrogen (secondary N) is 1. The number of aromatic nitrogens is 1. The molecule has 0 amide bonds. The van der Waals surface area contributed by atoms with E-state index in [9.17, 15) is 5.11 Å². The third-order valence-electron chi connectivity index (χ3n) is 3.67. The van der Waals surface area contributed by atoms with Crippen molar-refractivity contribution in [3.8, 4) is 10.6 Å². The molecule has 0 radical (unpaired) electrons. The van der Waals surface area contributed by atoms with Crippen LogP contribution in [-0.2, 0) is 11.3 Å². The molecular weight excluding hydrogens is 296 g/mol. The van der Waals surface area contributed by atoms with Gasteiger partial charge in [0.1, 0.15) is 5.01 Å². The number of methoxy groups -OCH3 is 1. The Labute approximate surface area is 136 Å². The minimum atomic E-state index is -0.225. The van der Waals surface area contributed by atoms with E-state index in [-0.39, 0.29) is 12.1 Å². The lowest BCUT2D eigenvalue weighted by atomic mass is 9.99. The summed E-state index contributed by atoms with van der Waals surface area (Å²) in [5, 5.41) is 13.7. The van der Waals surface area contributed by atoms with Crippen LogP contribution in [0.5, 0.6) is 0 Å². The highest BCUT2D eigenvalue weighted by molar-refractivity contribution is 7.15. The predicted molar refractivity (Wildman–Crippen MR) is 91.1 cm³/mol. The number of benzene rings is 1. The lowest BCUT2D eigenvalue weighted by Crippen LogP contribution is -2.46. The molecule has 1 unspecified atom stereocenters. The van der Waals surface area contributed by atoms with Crippen LogP contribution < -0.4 is 5.32 Å². The summed E-state index contributed by atoms with van der Waals surface area (Å²) >= 11 is 1.69. The average molecular weight is 320 g/mol. The second kappa shape index (κ2) is 7.83. The third-order valence-corrected chi connectivity index (χ3v) is 4.71. The number of aliphatic hydroxyl groups is 1. The van der Waals surface area contributed by atoms with Crippen molar-refractivity contribution in [1.29, 1.82) is 0 Å². The molecule has 2 N–H and O–H groups in total. The first-order chi connectivity index (χ1) is 10.6. The Morgan fingerprint density at radius 1 is 1.32 bits per heavy atom. The zero-order valence-corrected chi connectivity index (χ0v) is 14.2. The van der Waals surface area contributed by atoms with Gasteiger partial charge in [0, 0.05) is 42.4 Å². The molecule has 0 aliphatic carbocycles. The molecule has 0 aliphatic rings. The van der Waals surface area contributed by atoms with Gasteiger partial charge in [0.25, 0.3) is 0 Å². The van der Waals surface area contributed by atoms with Crippen molar-refractivity contribution in [2.45, 2.75) is 32.4 Å². The second-order valence-corrected chi connectivity index (χ2v) is 6.93. The Balaban J connectivity index is 2.01. The quantitative estimate of drug-likeness (QED) is 0.785. The molecule has 0 spiro atoms. The van der Waals surface area contributed by atoms with Gasteiger partial charge in [-0.3, -0.25) is 0 Å². The lowest BCUT2D eigenvalue weighted by molar-refractivity contribution is 0.0971. The number of ether oxygens (including phenoxy) is 1. The Kier molecular flexibility index (Phi) is 6.08. The molecule has 22 heavy (non-hydrogen) atoms. The van der Waals surface area contributed by atoms with E-state index in [2.05, 4.69) is 48.4 Å². The van der Waals surface area contributed by atoms with E-state index in [0.29, 0.717) is 13.0 Å². The zero-order valence-electron chi connectivity index (χ0n) is 13.4. The van der Waals surface area contributed by atoms with E-state index in [4.69, 9.17) is 4.74 Å². The Morgan fingerprint density at radius 2 is 2.05 bits per heavy atom. The Morgan fingerprint density at radius 3 is 2.68 bits per heavy atom. The van der Waals surface area contributed by atoms with Crippen molar-refractivity contribution in [3.05, 3.63) is 40.9 Å². The van der Waals surface area contributed by atoms with E-state index >= 15 is 0 Å². The number of aliphatic hydroxyl groups excluding tert-OH is 1. The molecule has 1 atom stereocenters. The number of rotatable bonds is 8. The Hall–Kier alpha value is -1.27. The molecule has 4 nitrogen and oxygen atoms in total. The van der Waals surface area contributed by atoms with Crippen LogP contribution in [0.25, 0.3) is 10.6 Å². The summed E-state index contributed by atoms with van der Waals surface area (Å²) in [6.07, 6.45) is 2.57. The molecule has 5 heteroatoms. The van der Waals surface area contributed by atoms with Crippen LogP contribution in [0.4, 0.5) is 0 Å². The van der Waals surface area contributed by atoms with Crippen LogP contribution in [0.3, 0.4) is 0 Å². The maximum Gasteiger partial charge on any atom is 0.123 e. The summed E-state index contributed by atoms with van der Waals surface area (Å²) in [5.74, 6) is 0. The molecule has 1 aromatic carbocycles. The first-order valence-corrected chi connectivity index (χ1v) is 8.24. The smallest absolute Gasteiger partial charge is 0.123 e. The highest BCUT2D eigenvalue weighted by atomic mass is 32.1. The number of aryl methyl sites for hydroxylation is 1. The fourth-order valence-corrected chi connectivity index (χ4v) is 3.15. The van der Waals surface area contributed by atoms with Crippen LogP contribution in [0.15, 0.2) is 30.5 Å². The standard InChI is InChI=1S/C17H24N2O2S/c1-13-4-6-14(7-5-13)16-18-10-15(22-16)11-19-17(2,8-9-20)12-21-3/h4-7,10,19-20H,8-9,11-12H2,1-3H3. The van der Waals surface area contributed by atoms with E-state index < -0.39 is 0 Å². The maximum atomic E-state index is 9.20. The summed E-state index contributed by atoms with van der Waals surface area (Å²) in [4.78, 5) is 5.68. The van der Waals surface area contributed by atoms with Gasteiger partial charge < -0.3 is 15.2 Å². The van der Waals surface area contributed by atoms with Crippen molar-refractivity contribution in [3.63, 3.8) is 0 Å². The highest BCUT2D eigenvalue weighted by Gasteiger charge is 2.23. The van der Waals surface area contributed by atoms with E-state index in [0.717, 1.165) is 17.1 Å². The number of hydrogen-bond donors (Lipinski definition) is 2. The molecule has 0 bridgehead atoms. The summed E-state index contributed by atoms with van der Waals surface area (Å²) in [5.41, 5.74) is 2.18. The van der Waals surface area contributed by atoms with Gasteiger partial charge in [-0.1, -0.05) is 29.8 Å². The monoisotopic (exact) mass is 320 g/mol. The molecule has 1 aromatic heterocycles. The maximum absolute atomic E-state index is 9.20. The van der Waals surface area contributed by atoms with Crippen molar-refractivity contribution in [2.24, 2.45) is 0 Å². The van der Waals surface area contributed by atoms with Crippen molar-refractivity contribution in [2.75, 3.05) is 20.3 Å². The van der Waals surface area contributed by atoms with E-state index in [1.807, 2.05) is 6.20 Å². The summed E-state index contributed by atoms with van der Waals surface area (Å²) < 4.78 is 5.25. The van der Waals surface area contributed by atoms with Crippen molar-refractivity contribution < 1.29 is 9.84 Å². The zero-order chi connectivity index (χ0) is 16.0. The van der Waals surface area contributed by atoms with Gasteiger partial charge in [-0.15, -0.1) is 11.3 Å². The molecule has 2 aromatic rings. The number of nitrogens with zero attached hydrogens (tertiary/aromatic N) is 1. The van der Waals surface area contributed by atoms with Crippen LogP contribution in [0, 0.1) is 6.92 Å². The van der Waals surface area contributed by atoms with Crippen LogP contribution >= 0.6 is 11.3 Å². The summed E-state index contributed by atoms with van der Waals surface area (Å²) in [6.45, 7) is 5.58. The topological polar surface area (TPSA) is 54.4 Å². The summed E-state index contributed by atoms with van der Waals surface area (Å²) in [7, 11) is 1.68. The molecule has 1 heterocycles. The van der Waals surface area contributed by atoms with E-state index in [1.54, 1.807) is 18.4 Å². The van der Waals surface area contributed by atoms with Gasteiger partial charge in [0.2, 0.25) is 0 Å². The largest absolute Gasteiger partial charge is 0.396 e. The summed E-state index contributed by atoms with van der Waals surface area (Å²) in [6, 6.07) is 8.41. The lowest BCUT2D eigenvalue weighted by Gasteiger charge is -2.29. The predicted octanol–water partition coefficient (Wildman–Crippen LogP) is 3.00. The first-order valence-electron chi connectivity index (χ1n) is 7.43. The number of hydrogen-bond acceptors (Lipinski definition) is 5. The normalized spacial score (nSPS) is 14.0. The van der Waals surface area contributed by atoms with Crippen LogP contribution in [0.2, 0.25) is 0 Å². The molecule has 0 saturated heterocycles. The van der Waals surface area contributed by atoms with Gasteiger partial charge in [-0.25, -0.2) is 4.98 Å². The molecule has 2 rings (SSSR count). The number of thiazole rings is 1. The second-order valence-electron chi connectivity index (χ2n) is 5.82. The Bertz CT molecular complexity index is 575.